The number of esters is 1. The molecular formula is C21H24N2O3. The van der Waals surface area contributed by atoms with Gasteiger partial charge in [0.05, 0.1) is 30.2 Å². The number of rotatable bonds is 7. The van der Waals surface area contributed by atoms with Gasteiger partial charge in [-0.05, 0) is 63.1 Å². The van der Waals surface area contributed by atoms with Crippen molar-refractivity contribution in [2.75, 3.05) is 13.7 Å². The number of methoxy groups -OCH3 is 1. The molecule has 0 saturated heterocycles. The van der Waals surface area contributed by atoms with Crippen LogP contribution in [0.5, 0.6) is 5.75 Å². The highest BCUT2D eigenvalue weighted by atomic mass is 16.5. The summed E-state index contributed by atoms with van der Waals surface area (Å²) in [6, 6.07) is 15.8. The molecule has 1 heterocycles. The first-order valence-electron chi connectivity index (χ1n) is 8.76. The molecule has 0 aliphatic heterocycles. The number of aromatic amines is 1. The van der Waals surface area contributed by atoms with Crippen LogP contribution in [0.25, 0.3) is 22.4 Å². The van der Waals surface area contributed by atoms with Gasteiger partial charge in [-0.1, -0.05) is 12.1 Å². The van der Waals surface area contributed by atoms with E-state index in [4.69, 9.17) is 9.47 Å². The van der Waals surface area contributed by atoms with Crippen molar-refractivity contribution in [1.82, 2.24) is 9.97 Å². The summed E-state index contributed by atoms with van der Waals surface area (Å²) in [5, 5.41) is 0. The Morgan fingerprint density at radius 2 is 1.85 bits per heavy atom. The Bertz CT molecular complexity index is 849. The molecule has 0 bridgehead atoms. The summed E-state index contributed by atoms with van der Waals surface area (Å²) < 4.78 is 10.6. The smallest absolute Gasteiger partial charge is 0.311 e. The largest absolute Gasteiger partial charge is 0.494 e. The summed E-state index contributed by atoms with van der Waals surface area (Å²) in [5.74, 6) is 1.46. The Kier molecular flexibility index (Phi) is 5.26. The van der Waals surface area contributed by atoms with Crippen molar-refractivity contribution in [1.29, 1.82) is 0 Å². The number of hydrogen-bond acceptors (Lipinski definition) is 4. The average molecular weight is 352 g/mol. The van der Waals surface area contributed by atoms with E-state index in [1.165, 1.54) is 7.11 Å². The van der Waals surface area contributed by atoms with Crippen molar-refractivity contribution >= 4 is 17.0 Å². The second-order valence-electron chi connectivity index (χ2n) is 6.95. The maximum Gasteiger partial charge on any atom is 0.311 e. The molecule has 136 valence electrons. The van der Waals surface area contributed by atoms with E-state index in [0.29, 0.717) is 6.61 Å². The Morgan fingerprint density at radius 3 is 2.54 bits per heavy atom. The summed E-state index contributed by atoms with van der Waals surface area (Å²) >= 11 is 0. The molecule has 3 rings (SSSR count). The predicted octanol–water partition coefficient (Wildman–Crippen LogP) is 4.59. The van der Waals surface area contributed by atoms with Crippen LogP contribution in [0.1, 0.15) is 26.7 Å². The van der Waals surface area contributed by atoms with Gasteiger partial charge in [0.1, 0.15) is 11.6 Å². The molecule has 0 saturated carbocycles. The minimum absolute atomic E-state index is 0.187. The van der Waals surface area contributed by atoms with E-state index in [0.717, 1.165) is 41.0 Å². The van der Waals surface area contributed by atoms with Crippen LogP contribution in [0.3, 0.4) is 0 Å². The van der Waals surface area contributed by atoms with E-state index in [1.54, 1.807) is 0 Å². The number of ether oxygens (including phenoxy) is 2. The number of fused-ring (bicyclic) bond motifs is 1. The van der Waals surface area contributed by atoms with Crippen molar-refractivity contribution in [3.63, 3.8) is 0 Å². The molecule has 26 heavy (non-hydrogen) atoms. The van der Waals surface area contributed by atoms with Gasteiger partial charge in [-0.25, -0.2) is 4.98 Å². The van der Waals surface area contributed by atoms with Crippen LogP contribution in [0.4, 0.5) is 0 Å². The quantitative estimate of drug-likeness (QED) is 0.499. The number of carbonyl (C=O) groups is 1. The molecule has 1 N–H and O–H groups in total. The first-order valence-corrected chi connectivity index (χ1v) is 8.76. The van der Waals surface area contributed by atoms with Crippen molar-refractivity contribution in [2.24, 2.45) is 5.41 Å². The van der Waals surface area contributed by atoms with Crippen molar-refractivity contribution < 1.29 is 14.3 Å². The lowest BCUT2D eigenvalue weighted by Crippen LogP contribution is -2.26. The van der Waals surface area contributed by atoms with E-state index in [2.05, 4.69) is 9.97 Å². The third kappa shape index (κ3) is 4.04. The number of carbonyl (C=O) groups excluding carboxylic acids is 1. The predicted molar refractivity (Wildman–Crippen MR) is 102 cm³/mol. The number of para-hydroxylation sites is 2. The zero-order chi connectivity index (χ0) is 18.6. The standard InChI is InChI=1S/C21H24N2O3/c1-21(2,20(24)25-3)13-6-14-26-16-11-9-15(10-12-16)19-22-17-7-4-5-8-18(17)23-19/h4-5,7-12H,6,13-14H2,1-3H3,(H,22,23). The second kappa shape index (κ2) is 7.60. The number of imidazole rings is 1. The van der Waals surface area contributed by atoms with E-state index >= 15 is 0 Å². The van der Waals surface area contributed by atoms with Crippen LogP contribution in [0.2, 0.25) is 0 Å². The molecule has 0 amide bonds. The summed E-state index contributed by atoms with van der Waals surface area (Å²) in [5.41, 5.74) is 2.51. The molecule has 0 fully saturated rings. The molecule has 0 aliphatic carbocycles. The monoisotopic (exact) mass is 352 g/mol. The maximum absolute atomic E-state index is 11.7. The van der Waals surface area contributed by atoms with E-state index < -0.39 is 5.41 Å². The molecule has 0 unspecified atom stereocenters. The molecule has 0 spiro atoms. The Balaban J connectivity index is 1.55. The van der Waals surface area contributed by atoms with E-state index in [9.17, 15) is 4.79 Å². The van der Waals surface area contributed by atoms with E-state index in [-0.39, 0.29) is 5.97 Å². The fourth-order valence-electron chi connectivity index (χ4n) is 2.88. The van der Waals surface area contributed by atoms with Crippen molar-refractivity contribution in [3.05, 3.63) is 48.5 Å². The number of aromatic nitrogens is 2. The van der Waals surface area contributed by atoms with Gasteiger partial charge in [0.15, 0.2) is 0 Å². The van der Waals surface area contributed by atoms with E-state index in [1.807, 2.05) is 62.4 Å². The Hall–Kier alpha value is -2.82. The zero-order valence-electron chi connectivity index (χ0n) is 15.4. The van der Waals surface area contributed by atoms with Gasteiger partial charge in [0.2, 0.25) is 0 Å². The first kappa shape index (κ1) is 18.0. The minimum Gasteiger partial charge on any atom is -0.494 e. The molecule has 2 aromatic carbocycles. The van der Waals surface area contributed by atoms with Gasteiger partial charge < -0.3 is 14.5 Å². The fraction of sp³-hybridized carbons (Fsp3) is 0.333. The van der Waals surface area contributed by atoms with Crippen LogP contribution < -0.4 is 4.74 Å². The molecule has 3 aromatic rings. The topological polar surface area (TPSA) is 64.2 Å². The number of hydrogen-bond donors (Lipinski definition) is 1. The highest BCUT2D eigenvalue weighted by Crippen LogP contribution is 2.25. The summed E-state index contributed by atoms with van der Waals surface area (Å²) in [6.07, 6.45) is 1.50. The first-order chi connectivity index (χ1) is 12.5. The van der Waals surface area contributed by atoms with Crippen molar-refractivity contribution in [3.8, 4) is 17.1 Å². The van der Waals surface area contributed by atoms with Gasteiger partial charge >= 0.3 is 5.97 Å². The number of H-pyrrole nitrogens is 1. The van der Waals surface area contributed by atoms with Gasteiger partial charge in [-0.15, -0.1) is 0 Å². The highest BCUT2D eigenvalue weighted by Gasteiger charge is 2.27. The summed E-state index contributed by atoms with van der Waals surface area (Å²) in [7, 11) is 1.42. The lowest BCUT2D eigenvalue weighted by atomic mass is 9.88. The Morgan fingerprint density at radius 1 is 1.12 bits per heavy atom. The SMILES string of the molecule is COC(=O)C(C)(C)CCCOc1ccc(-c2nc3ccccc3[nH]2)cc1. The molecule has 0 radical (unpaired) electrons. The van der Waals surface area contributed by atoms with Crippen LogP contribution in [0.15, 0.2) is 48.5 Å². The molecule has 0 atom stereocenters. The van der Waals surface area contributed by atoms with Gasteiger partial charge in [0.25, 0.3) is 0 Å². The van der Waals surface area contributed by atoms with Crippen LogP contribution in [-0.4, -0.2) is 29.7 Å². The normalized spacial score (nSPS) is 11.5. The fourth-order valence-corrected chi connectivity index (χ4v) is 2.88. The molecular weight excluding hydrogens is 328 g/mol. The number of nitrogens with one attached hydrogen (secondary N) is 1. The highest BCUT2D eigenvalue weighted by molar-refractivity contribution is 5.79. The van der Waals surface area contributed by atoms with Gasteiger partial charge in [-0.2, -0.15) is 0 Å². The average Bonchev–Trinajstić information content (AvgIpc) is 3.09. The number of nitrogens with zero attached hydrogens (tertiary/aromatic N) is 1. The minimum atomic E-state index is -0.483. The van der Waals surface area contributed by atoms with Gasteiger partial charge in [-0.3, -0.25) is 4.79 Å². The van der Waals surface area contributed by atoms with Gasteiger partial charge in [0, 0.05) is 5.56 Å². The second-order valence-corrected chi connectivity index (χ2v) is 6.95. The molecule has 1 aromatic heterocycles. The maximum atomic E-state index is 11.7. The zero-order valence-corrected chi connectivity index (χ0v) is 15.4. The summed E-state index contributed by atoms with van der Waals surface area (Å²) in [4.78, 5) is 19.6. The summed E-state index contributed by atoms with van der Waals surface area (Å²) in [6.45, 7) is 4.34. The van der Waals surface area contributed by atoms with Crippen molar-refractivity contribution in [2.45, 2.75) is 26.7 Å². The molecule has 5 nitrogen and oxygen atoms in total. The van der Waals surface area contributed by atoms with Crippen LogP contribution in [0, 0.1) is 5.41 Å². The number of benzene rings is 2. The lowest BCUT2D eigenvalue weighted by molar-refractivity contribution is -0.151. The lowest BCUT2D eigenvalue weighted by Gasteiger charge is -2.21. The Labute approximate surface area is 153 Å². The van der Waals surface area contributed by atoms with Crippen LogP contribution in [-0.2, 0) is 9.53 Å². The molecule has 0 aliphatic rings. The molecule has 5 heteroatoms. The third-order valence-electron chi connectivity index (χ3n) is 4.47. The van der Waals surface area contributed by atoms with Crippen LogP contribution >= 0.6 is 0 Å². The third-order valence-corrected chi connectivity index (χ3v) is 4.47.